The zero-order valence-electron chi connectivity index (χ0n) is 22.8. The lowest BCUT2D eigenvalue weighted by Crippen LogP contribution is -2.50. The number of aryl methyl sites for hydroxylation is 1. The predicted molar refractivity (Wildman–Crippen MR) is 153 cm³/mol. The van der Waals surface area contributed by atoms with E-state index in [1.54, 1.807) is 19.1 Å². The number of aromatic nitrogens is 6. The highest BCUT2D eigenvalue weighted by Gasteiger charge is 2.74. The van der Waals surface area contributed by atoms with Gasteiger partial charge in [0, 0.05) is 27.8 Å². The second-order valence-electron chi connectivity index (χ2n) is 10.2. The first-order chi connectivity index (χ1) is 21.0. The molecule has 4 aromatic rings. The lowest BCUT2D eigenvalue weighted by atomic mass is 9.95. The fraction of sp³-hybridized carbons (Fsp3) is 0.333. The van der Waals surface area contributed by atoms with Crippen molar-refractivity contribution in [2.24, 2.45) is 0 Å². The van der Waals surface area contributed by atoms with E-state index in [0.717, 1.165) is 21.1 Å². The van der Waals surface area contributed by atoms with Crippen LogP contribution < -0.4 is 5.32 Å². The normalized spacial score (nSPS) is 14.1. The lowest BCUT2D eigenvalue weighted by molar-refractivity contribution is -0.360. The molecule has 1 saturated carbocycles. The van der Waals surface area contributed by atoms with Gasteiger partial charge >= 0.3 is 18.0 Å². The number of Topliss-reactive ketones (excluding diaryl/α,β-unsaturated/α-hetero) is 1. The van der Waals surface area contributed by atoms with E-state index in [-0.39, 0.29) is 46.8 Å². The summed E-state index contributed by atoms with van der Waals surface area (Å²) in [7, 11) is 0. The van der Waals surface area contributed by atoms with Crippen LogP contribution in [-0.4, -0.2) is 59.6 Å². The highest BCUT2D eigenvalue weighted by molar-refractivity contribution is 14.1. The van der Waals surface area contributed by atoms with Gasteiger partial charge in [0.2, 0.25) is 0 Å². The largest absolute Gasteiger partial charge is 0.460 e. The number of halogens is 9. The molecular weight excluding hydrogens is 750 g/mol. The molecule has 0 bridgehead atoms. The van der Waals surface area contributed by atoms with Crippen LogP contribution in [0.4, 0.5) is 30.7 Å². The van der Waals surface area contributed by atoms with Gasteiger partial charge in [-0.2, -0.15) is 50.8 Å². The third kappa shape index (κ3) is 6.54. The van der Waals surface area contributed by atoms with Crippen molar-refractivity contribution in [1.82, 2.24) is 35.1 Å². The van der Waals surface area contributed by atoms with Gasteiger partial charge in [0.1, 0.15) is 12.2 Å². The highest BCUT2D eigenvalue weighted by Crippen LogP contribution is 2.51. The Morgan fingerprint density at radius 1 is 1.09 bits per heavy atom. The molecule has 1 aliphatic rings. The number of carbonyl (C=O) groups is 2. The third-order valence-electron chi connectivity index (χ3n) is 6.83. The van der Waals surface area contributed by atoms with E-state index in [9.17, 15) is 40.3 Å². The van der Waals surface area contributed by atoms with Crippen LogP contribution >= 0.6 is 34.2 Å². The van der Waals surface area contributed by atoms with Crippen molar-refractivity contribution in [2.75, 3.05) is 0 Å². The number of amides is 1. The summed E-state index contributed by atoms with van der Waals surface area (Å²) in [5.74, 6) is -13.0. The lowest BCUT2D eigenvalue weighted by Gasteiger charge is -2.26. The maximum atomic E-state index is 14.1. The molecule has 1 N–H and O–H groups in total. The van der Waals surface area contributed by atoms with Crippen LogP contribution in [0, 0.1) is 10.5 Å². The average molecular weight is 770 g/mol. The summed E-state index contributed by atoms with van der Waals surface area (Å²) in [6, 6.07) is 7.73. The number of nitrogens with zero attached hydrogens (tertiary/aromatic N) is 6. The van der Waals surface area contributed by atoms with E-state index in [4.69, 9.17) is 11.6 Å². The van der Waals surface area contributed by atoms with Crippen molar-refractivity contribution >= 4 is 45.9 Å². The molecule has 0 radical (unpaired) electrons. The molecule has 0 spiro atoms. The highest BCUT2D eigenvalue weighted by atomic mass is 127. The molecule has 1 amide bonds. The third-order valence-corrected chi connectivity index (χ3v) is 7.75. The molecule has 1 aromatic carbocycles. The Labute approximate surface area is 268 Å². The Balaban J connectivity index is 1.49. The average Bonchev–Trinajstić information content (AvgIpc) is 3.46. The van der Waals surface area contributed by atoms with Crippen molar-refractivity contribution in [3.8, 4) is 5.82 Å². The van der Waals surface area contributed by atoms with Gasteiger partial charge in [0.05, 0.1) is 16.9 Å². The van der Waals surface area contributed by atoms with Gasteiger partial charge in [-0.05, 0) is 83.8 Å². The monoisotopic (exact) mass is 769 g/mol. The Kier molecular flexibility index (Phi) is 8.71. The minimum atomic E-state index is -6.55. The Bertz CT molecular complexity index is 1790. The van der Waals surface area contributed by atoms with Crippen LogP contribution in [0.2, 0.25) is 5.02 Å². The van der Waals surface area contributed by atoms with Gasteiger partial charge in [-0.1, -0.05) is 11.6 Å². The molecule has 3 heterocycles. The fourth-order valence-corrected chi connectivity index (χ4v) is 5.33. The zero-order chi connectivity index (χ0) is 32.9. The summed E-state index contributed by atoms with van der Waals surface area (Å²) in [5, 5.41) is 13.8. The summed E-state index contributed by atoms with van der Waals surface area (Å²) in [6.07, 6.45) is -3.66. The summed E-state index contributed by atoms with van der Waals surface area (Å²) in [4.78, 5) is 31.4. The molecule has 0 aliphatic heterocycles. The van der Waals surface area contributed by atoms with Crippen LogP contribution in [0.15, 0.2) is 42.7 Å². The van der Waals surface area contributed by atoms with Crippen molar-refractivity contribution < 1.29 is 40.3 Å². The number of hydrogen-bond donors (Lipinski definition) is 1. The second-order valence-corrected chi connectivity index (χ2v) is 11.9. The Hall–Kier alpha value is -3.61. The van der Waals surface area contributed by atoms with Gasteiger partial charge in [0.25, 0.3) is 5.91 Å². The van der Waals surface area contributed by atoms with Gasteiger partial charge in [-0.15, -0.1) is 0 Å². The molecule has 0 saturated heterocycles. The Morgan fingerprint density at radius 2 is 1.80 bits per heavy atom. The molecule has 3 aromatic heterocycles. The second kappa shape index (κ2) is 12.0. The number of rotatable bonds is 10. The maximum absolute atomic E-state index is 14.1. The maximum Gasteiger partial charge on any atom is 0.460 e. The molecule has 0 atom stereocenters. The number of pyridine rings is 1. The van der Waals surface area contributed by atoms with Gasteiger partial charge in [-0.3, -0.25) is 9.59 Å². The zero-order valence-corrected chi connectivity index (χ0v) is 25.8. The van der Waals surface area contributed by atoms with Crippen molar-refractivity contribution in [1.29, 1.82) is 0 Å². The number of hydrogen-bond acceptors (Lipinski definition) is 6. The van der Waals surface area contributed by atoms with E-state index in [1.807, 2.05) is 0 Å². The smallest absolute Gasteiger partial charge is 0.349 e. The topological polar surface area (TPSA) is 108 Å². The summed E-state index contributed by atoms with van der Waals surface area (Å²) in [6.45, 7) is 1.14. The molecule has 45 heavy (non-hydrogen) atoms. The van der Waals surface area contributed by atoms with E-state index in [1.165, 1.54) is 24.4 Å². The van der Waals surface area contributed by atoms with Crippen LogP contribution in [0.5, 0.6) is 0 Å². The molecule has 238 valence electrons. The molecule has 1 aliphatic carbocycles. The molecule has 0 unspecified atom stereocenters. The molecule has 5 rings (SSSR count). The Morgan fingerprint density at radius 3 is 2.44 bits per heavy atom. The van der Waals surface area contributed by atoms with Crippen LogP contribution in [0.3, 0.4) is 0 Å². The van der Waals surface area contributed by atoms with Crippen molar-refractivity contribution in [3.63, 3.8) is 0 Å². The van der Waals surface area contributed by atoms with Gasteiger partial charge in [0.15, 0.2) is 17.3 Å². The first kappa shape index (κ1) is 32.8. The fourth-order valence-electron chi connectivity index (χ4n) is 4.35. The molecule has 1 fully saturated rings. The number of nitrogens with one attached hydrogen (secondary N) is 1. The van der Waals surface area contributed by atoms with E-state index in [0.29, 0.717) is 21.5 Å². The molecule has 9 nitrogen and oxygen atoms in total. The number of alkyl halides is 7. The van der Waals surface area contributed by atoms with E-state index < -0.39 is 36.0 Å². The minimum Gasteiger partial charge on any atom is -0.349 e. The standard InChI is InChI=1S/C27H20ClF7IN7O2/c1-13-7-14(36)8-18(24(45)39-15-4-5-15)17(13)10-21(44)20-9-16(40-43(20)23-19(28)3-2-6-37-23)12-42-38-11-22(41-42)25(29,30)26(31,32)27(33,34)35/h2-3,6-9,11,15H,4-5,10,12H2,1H3,(H,39,45). The predicted octanol–water partition coefficient (Wildman–Crippen LogP) is 6.08. The first-order valence-electron chi connectivity index (χ1n) is 13.1. The van der Waals surface area contributed by atoms with Crippen LogP contribution in [0.25, 0.3) is 5.82 Å². The SMILES string of the molecule is Cc1cc(I)cc(C(=O)NC2CC2)c1CC(=O)c1cc(Cn2ncc(C(F)(F)C(F)(F)C(F)(F)F)n2)nn1-c1ncccc1Cl. The van der Waals surface area contributed by atoms with E-state index >= 15 is 0 Å². The minimum absolute atomic E-state index is 0.00487. The van der Waals surface area contributed by atoms with Gasteiger partial charge < -0.3 is 5.32 Å². The van der Waals surface area contributed by atoms with Crippen molar-refractivity contribution in [3.05, 3.63) is 85.1 Å². The summed E-state index contributed by atoms with van der Waals surface area (Å²) >= 11 is 8.36. The van der Waals surface area contributed by atoms with E-state index in [2.05, 4.69) is 48.2 Å². The van der Waals surface area contributed by atoms with Crippen molar-refractivity contribution in [2.45, 2.75) is 56.8 Å². The number of ketones is 1. The number of benzene rings is 1. The first-order valence-corrected chi connectivity index (χ1v) is 14.5. The summed E-state index contributed by atoms with van der Waals surface area (Å²) in [5.41, 5.74) is -0.654. The molecular formula is C27H20ClF7IN7O2. The number of carbonyl (C=O) groups excluding carboxylic acids is 2. The molecule has 18 heteroatoms. The summed E-state index contributed by atoms with van der Waals surface area (Å²) < 4.78 is 95.1. The van der Waals surface area contributed by atoms with Crippen LogP contribution in [-0.2, 0) is 18.9 Å². The quantitative estimate of drug-likeness (QED) is 0.119. The van der Waals surface area contributed by atoms with Crippen LogP contribution in [0.1, 0.15) is 56.2 Å². The van der Waals surface area contributed by atoms with Gasteiger partial charge in [-0.25, -0.2) is 9.67 Å².